The Balaban J connectivity index is 1.32. The molecule has 0 saturated heterocycles. The van der Waals surface area contributed by atoms with Crippen molar-refractivity contribution < 1.29 is 28.8 Å². The van der Waals surface area contributed by atoms with Gasteiger partial charge in [0.15, 0.2) is 6.61 Å². The van der Waals surface area contributed by atoms with Gasteiger partial charge < -0.3 is 29.4 Å². The fourth-order valence-electron chi connectivity index (χ4n) is 3.31. The van der Waals surface area contributed by atoms with Gasteiger partial charge in [-0.25, -0.2) is 4.79 Å². The Kier molecular flexibility index (Phi) is 10.4. The smallest absolute Gasteiger partial charge is 0.343 e. The minimum atomic E-state index is -0.638. The zero-order valence-corrected chi connectivity index (χ0v) is 20.2. The third-order valence-corrected chi connectivity index (χ3v) is 5.27. The number of methoxy groups -OCH3 is 1. The highest BCUT2D eigenvalue weighted by Crippen LogP contribution is 2.19. The van der Waals surface area contributed by atoms with Crippen LogP contribution >= 0.6 is 0 Å². The van der Waals surface area contributed by atoms with E-state index >= 15 is 0 Å². The van der Waals surface area contributed by atoms with Crippen LogP contribution in [0.15, 0.2) is 78.9 Å². The third-order valence-electron chi connectivity index (χ3n) is 5.27. The summed E-state index contributed by atoms with van der Waals surface area (Å²) in [5.74, 6) is 1.64. The lowest BCUT2D eigenvalue weighted by atomic mass is 10.1. The molecule has 7 nitrogen and oxygen atoms in total. The van der Waals surface area contributed by atoms with Gasteiger partial charge in [-0.1, -0.05) is 42.5 Å². The van der Waals surface area contributed by atoms with Crippen molar-refractivity contribution in [1.29, 1.82) is 0 Å². The highest BCUT2D eigenvalue weighted by Gasteiger charge is 2.10. The minimum absolute atomic E-state index is 0.111. The predicted octanol–water partition coefficient (Wildman–Crippen LogP) is 3.78. The van der Waals surface area contributed by atoms with Crippen molar-refractivity contribution in [2.75, 3.05) is 26.9 Å². The highest BCUT2D eigenvalue weighted by molar-refractivity contribution is 5.70. The van der Waals surface area contributed by atoms with Gasteiger partial charge >= 0.3 is 5.97 Å². The second-order valence-electron chi connectivity index (χ2n) is 8.23. The maximum atomic E-state index is 11.1. The van der Waals surface area contributed by atoms with Crippen molar-refractivity contribution in [3.8, 4) is 17.2 Å². The van der Waals surface area contributed by atoms with Crippen molar-refractivity contribution in [1.82, 2.24) is 5.32 Å². The molecule has 35 heavy (non-hydrogen) atoms. The number of hydrogen-bond acceptors (Lipinski definition) is 7. The minimum Gasteiger partial charge on any atom is -0.491 e. The molecule has 2 N–H and O–H groups in total. The van der Waals surface area contributed by atoms with Crippen molar-refractivity contribution in [3.05, 3.63) is 90.0 Å². The molecule has 0 aromatic heterocycles. The Morgan fingerprint density at radius 1 is 0.829 bits per heavy atom. The summed E-state index contributed by atoms with van der Waals surface area (Å²) in [6.07, 6.45) is 0.149. The van der Waals surface area contributed by atoms with E-state index in [1.54, 1.807) is 0 Å². The number of ether oxygens (including phenoxy) is 4. The topological polar surface area (TPSA) is 86.3 Å². The average molecular weight is 480 g/mol. The molecule has 2 atom stereocenters. The fraction of sp³-hybridized carbons (Fsp3) is 0.321. The first-order valence-corrected chi connectivity index (χ1v) is 11.6. The summed E-state index contributed by atoms with van der Waals surface area (Å²) in [4.78, 5) is 11.1. The highest BCUT2D eigenvalue weighted by atomic mass is 16.6. The van der Waals surface area contributed by atoms with Crippen LogP contribution in [0.25, 0.3) is 0 Å². The lowest BCUT2D eigenvalue weighted by molar-refractivity contribution is -0.142. The van der Waals surface area contributed by atoms with E-state index in [1.165, 1.54) is 7.11 Å². The summed E-state index contributed by atoms with van der Waals surface area (Å²) in [5.41, 5.74) is 2.23. The Hall–Kier alpha value is -3.55. The molecule has 0 bridgehead atoms. The molecule has 0 radical (unpaired) electrons. The zero-order chi connectivity index (χ0) is 24.9. The van der Waals surface area contributed by atoms with Crippen molar-refractivity contribution in [3.63, 3.8) is 0 Å². The quantitative estimate of drug-likeness (QED) is 0.340. The van der Waals surface area contributed by atoms with Crippen LogP contribution in [0, 0.1) is 0 Å². The Labute approximate surface area is 206 Å². The molecule has 0 saturated carbocycles. The molecule has 0 amide bonds. The first kappa shape index (κ1) is 26.1. The van der Waals surface area contributed by atoms with Gasteiger partial charge in [0.1, 0.15) is 36.6 Å². The number of rotatable bonds is 14. The van der Waals surface area contributed by atoms with Crippen molar-refractivity contribution >= 4 is 5.97 Å². The van der Waals surface area contributed by atoms with E-state index in [9.17, 15) is 9.90 Å². The average Bonchev–Trinajstić information content (AvgIpc) is 2.90. The standard InChI is InChI=1S/C28H33NO6/c1-21(16-22-8-10-25(11-9-22)35-20-28(31)32-2)29-17-24(30)19-34-27-14-12-26(13-15-27)33-18-23-6-4-3-5-7-23/h3-15,21,24,29-30H,16-20H2,1-2H3. The van der Waals surface area contributed by atoms with Crippen LogP contribution in [0.2, 0.25) is 0 Å². The third kappa shape index (κ3) is 9.68. The van der Waals surface area contributed by atoms with Crippen LogP contribution in [-0.4, -0.2) is 50.1 Å². The summed E-state index contributed by atoms with van der Waals surface area (Å²) in [5, 5.41) is 13.6. The van der Waals surface area contributed by atoms with E-state index in [4.69, 9.17) is 14.2 Å². The largest absolute Gasteiger partial charge is 0.491 e. The molecular weight excluding hydrogens is 446 g/mol. The second-order valence-corrected chi connectivity index (χ2v) is 8.23. The van der Waals surface area contributed by atoms with Gasteiger partial charge in [-0.05, 0) is 60.9 Å². The molecule has 3 aromatic rings. The molecule has 0 fully saturated rings. The van der Waals surface area contributed by atoms with Gasteiger partial charge in [-0.3, -0.25) is 0 Å². The first-order valence-electron chi connectivity index (χ1n) is 11.6. The number of carbonyl (C=O) groups excluding carboxylic acids is 1. The molecule has 186 valence electrons. The lowest BCUT2D eigenvalue weighted by Crippen LogP contribution is -2.37. The van der Waals surface area contributed by atoms with E-state index in [0.717, 1.165) is 23.3 Å². The first-order chi connectivity index (χ1) is 17.0. The number of esters is 1. The number of nitrogens with one attached hydrogen (secondary N) is 1. The predicted molar refractivity (Wildman–Crippen MR) is 134 cm³/mol. The monoisotopic (exact) mass is 479 g/mol. The van der Waals surface area contributed by atoms with E-state index in [-0.39, 0.29) is 19.3 Å². The van der Waals surface area contributed by atoms with Gasteiger partial charge in [0.2, 0.25) is 0 Å². The summed E-state index contributed by atoms with van der Waals surface area (Å²) in [6, 6.07) is 25.1. The van der Waals surface area contributed by atoms with E-state index in [2.05, 4.69) is 17.0 Å². The molecule has 0 aliphatic rings. The molecule has 7 heteroatoms. The summed E-state index contributed by atoms with van der Waals surface area (Å²) in [6.45, 7) is 3.07. The second kappa shape index (κ2) is 14.0. The normalized spacial score (nSPS) is 12.4. The van der Waals surface area contributed by atoms with Crippen LogP contribution < -0.4 is 19.5 Å². The SMILES string of the molecule is COC(=O)COc1ccc(CC(C)NCC(O)COc2ccc(OCc3ccccc3)cc2)cc1. The van der Waals surface area contributed by atoms with Gasteiger partial charge in [-0.2, -0.15) is 0 Å². The lowest BCUT2D eigenvalue weighted by Gasteiger charge is -2.18. The van der Waals surface area contributed by atoms with Gasteiger partial charge in [0, 0.05) is 12.6 Å². The molecule has 3 aromatic carbocycles. The van der Waals surface area contributed by atoms with E-state index < -0.39 is 12.1 Å². The van der Waals surface area contributed by atoms with Crippen molar-refractivity contribution in [2.45, 2.75) is 32.1 Å². The number of aliphatic hydroxyl groups excluding tert-OH is 1. The molecule has 2 unspecified atom stereocenters. The van der Waals surface area contributed by atoms with Crippen LogP contribution in [0.3, 0.4) is 0 Å². The summed E-state index contributed by atoms with van der Waals surface area (Å²) >= 11 is 0. The maximum absolute atomic E-state index is 11.1. The molecule has 0 spiro atoms. The van der Waals surface area contributed by atoms with Crippen LogP contribution in [-0.2, 0) is 22.6 Å². The van der Waals surface area contributed by atoms with Gasteiger partial charge in [0.05, 0.1) is 7.11 Å². The summed E-state index contributed by atoms with van der Waals surface area (Å²) in [7, 11) is 1.33. The number of hydrogen-bond donors (Lipinski definition) is 2. The summed E-state index contributed by atoms with van der Waals surface area (Å²) < 4.78 is 21.4. The van der Waals surface area contributed by atoms with Crippen LogP contribution in [0.1, 0.15) is 18.1 Å². The number of aliphatic hydroxyl groups is 1. The molecular formula is C28H33NO6. The van der Waals surface area contributed by atoms with Crippen molar-refractivity contribution in [2.24, 2.45) is 0 Å². The molecule has 0 aliphatic carbocycles. The number of benzene rings is 3. The molecule has 0 aliphatic heterocycles. The maximum Gasteiger partial charge on any atom is 0.343 e. The zero-order valence-electron chi connectivity index (χ0n) is 20.2. The van der Waals surface area contributed by atoms with Crippen LogP contribution in [0.4, 0.5) is 0 Å². The van der Waals surface area contributed by atoms with Gasteiger partial charge in [0.25, 0.3) is 0 Å². The molecule has 3 rings (SSSR count). The van der Waals surface area contributed by atoms with E-state index in [1.807, 2.05) is 78.9 Å². The van der Waals surface area contributed by atoms with E-state index in [0.29, 0.717) is 24.7 Å². The Morgan fingerprint density at radius 2 is 1.43 bits per heavy atom. The fourth-order valence-corrected chi connectivity index (χ4v) is 3.31. The van der Waals surface area contributed by atoms with Crippen LogP contribution in [0.5, 0.6) is 17.2 Å². The molecule has 0 heterocycles. The Morgan fingerprint density at radius 3 is 2.09 bits per heavy atom. The van der Waals surface area contributed by atoms with Gasteiger partial charge in [-0.15, -0.1) is 0 Å². The number of carbonyl (C=O) groups is 1. The Bertz CT molecular complexity index is 1010.